The number of amides is 2. The molecule has 0 bridgehead atoms. The fraction of sp³-hybridized carbons (Fsp3) is 0.296. The minimum atomic E-state index is -1.02. The van der Waals surface area contributed by atoms with Crippen LogP contribution in [0.1, 0.15) is 43.7 Å². The number of phenols is 1. The van der Waals surface area contributed by atoms with Gasteiger partial charge in [-0.25, -0.2) is 0 Å². The van der Waals surface area contributed by atoms with Crippen molar-refractivity contribution >= 4 is 17.5 Å². The molecule has 0 aliphatic rings. The number of furan rings is 1. The van der Waals surface area contributed by atoms with Crippen LogP contribution in [0.4, 0.5) is 5.69 Å². The van der Waals surface area contributed by atoms with Crippen molar-refractivity contribution in [1.82, 2.24) is 25.5 Å². The standard InChI is InChI=1S/C27H30N6O4/c1-17-9-12-19(13-10-17)24(26(36)28-27(3,4)5)33(20-7-6-8-21(34)15-20)23(35)16-32-30-25(29-31-32)22-14-11-18(2)37-22/h6-15,24,34H,16H2,1-5H3,(H,28,36)/t24-/m1/s1. The van der Waals surface area contributed by atoms with Crippen LogP contribution in [0.2, 0.25) is 0 Å². The van der Waals surface area contributed by atoms with E-state index in [2.05, 4.69) is 20.7 Å². The number of phenolic OH excluding ortho intramolecular Hbond substituents is 1. The summed E-state index contributed by atoms with van der Waals surface area (Å²) in [6, 6.07) is 16.1. The summed E-state index contributed by atoms with van der Waals surface area (Å²) in [5.41, 5.74) is 1.43. The van der Waals surface area contributed by atoms with Gasteiger partial charge in [-0.1, -0.05) is 35.9 Å². The monoisotopic (exact) mass is 502 g/mol. The number of aryl methyl sites for hydroxylation is 2. The average Bonchev–Trinajstić information content (AvgIpc) is 3.45. The molecular formula is C27H30N6O4. The number of aromatic nitrogens is 4. The number of hydrogen-bond donors (Lipinski definition) is 2. The topological polar surface area (TPSA) is 126 Å². The molecule has 0 aliphatic carbocycles. The van der Waals surface area contributed by atoms with Crippen LogP contribution in [0.15, 0.2) is 65.1 Å². The van der Waals surface area contributed by atoms with Crippen LogP contribution in [-0.4, -0.2) is 42.7 Å². The Balaban J connectivity index is 1.75. The van der Waals surface area contributed by atoms with E-state index in [0.29, 0.717) is 22.8 Å². The van der Waals surface area contributed by atoms with Gasteiger partial charge in [-0.05, 0) is 69.7 Å². The smallest absolute Gasteiger partial charge is 0.251 e. The predicted octanol–water partition coefficient (Wildman–Crippen LogP) is 3.94. The number of tetrazole rings is 1. The number of benzene rings is 2. The van der Waals surface area contributed by atoms with Gasteiger partial charge < -0.3 is 14.8 Å². The second-order valence-electron chi connectivity index (χ2n) is 9.89. The van der Waals surface area contributed by atoms with E-state index in [1.807, 2.05) is 52.0 Å². The highest BCUT2D eigenvalue weighted by Crippen LogP contribution is 2.31. The Morgan fingerprint density at radius 1 is 1.08 bits per heavy atom. The van der Waals surface area contributed by atoms with E-state index in [1.54, 1.807) is 31.2 Å². The first kappa shape index (κ1) is 25.6. The van der Waals surface area contributed by atoms with Crippen LogP contribution < -0.4 is 10.2 Å². The zero-order chi connectivity index (χ0) is 26.7. The molecule has 10 heteroatoms. The number of carbonyl (C=O) groups is 2. The molecule has 4 aromatic rings. The summed E-state index contributed by atoms with van der Waals surface area (Å²) in [6.07, 6.45) is 0. The van der Waals surface area contributed by atoms with Gasteiger partial charge in [-0.15, -0.1) is 10.2 Å². The van der Waals surface area contributed by atoms with Gasteiger partial charge in [0, 0.05) is 17.3 Å². The normalized spacial score (nSPS) is 12.2. The van der Waals surface area contributed by atoms with Gasteiger partial charge in [0.25, 0.3) is 5.91 Å². The molecule has 37 heavy (non-hydrogen) atoms. The van der Waals surface area contributed by atoms with Crippen molar-refractivity contribution in [3.63, 3.8) is 0 Å². The minimum absolute atomic E-state index is 0.0384. The van der Waals surface area contributed by atoms with Gasteiger partial charge >= 0.3 is 0 Å². The maximum Gasteiger partial charge on any atom is 0.251 e. The Morgan fingerprint density at radius 3 is 2.43 bits per heavy atom. The second kappa shape index (κ2) is 10.3. The van der Waals surface area contributed by atoms with Crippen LogP contribution in [0.3, 0.4) is 0 Å². The lowest BCUT2D eigenvalue weighted by Gasteiger charge is -2.33. The second-order valence-corrected chi connectivity index (χ2v) is 9.89. The summed E-state index contributed by atoms with van der Waals surface area (Å²) in [7, 11) is 0. The van der Waals surface area contributed by atoms with Crippen LogP contribution in [0.5, 0.6) is 5.75 Å². The molecule has 0 aliphatic heterocycles. The zero-order valence-electron chi connectivity index (χ0n) is 21.5. The molecule has 2 amide bonds. The number of nitrogens with zero attached hydrogens (tertiary/aromatic N) is 5. The maximum atomic E-state index is 13.8. The molecule has 2 aromatic carbocycles. The Bertz CT molecular complexity index is 1400. The molecule has 192 valence electrons. The number of nitrogens with one attached hydrogen (secondary N) is 1. The van der Waals surface area contributed by atoms with Gasteiger partial charge in [0.15, 0.2) is 5.76 Å². The highest BCUT2D eigenvalue weighted by molar-refractivity contribution is 6.01. The summed E-state index contributed by atoms with van der Waals surface area (Å²) >= 11 is 0. The molecule has 0 fully saturated rings. The lowest BCUT2D eigenvalue weighted by Crippen LogP contribution is -2.50. The average molecular weight is 503 g/mol. The van der Waals surface area contributed by atoms with Crippen molar-refractivity contribution in [2.45, 2.75) is 52.7 Å². The number of carbonyl (C=O) groups excluding carboxylic acids is 2. The van der Waals surface area contributed by atoms with E-state index >= 15 is 0 Å². The summed E-state index contributed by atoms with van der Waals surface area (Å²) in [5, 5.41) is 25.4. The SMILES string of the molecule is Cc1ccc([C@H](C(=O)NC(C)(C)C)N(C(=O)Cn2nnc(-c3ccc(C)o3)n2)c2cccc(O)c2)cc1. The highest BCUT2D eigenvalue weighted by atomic mass is 16.3. The van der Waals surface area contributed by atoms with E-state index < -0.39 is 17.5 Å². The molecule has 1 atom stereocenters. The van der Waals surface area contributed by atoms with Crippen molar-refractivity contribution in [3.05, 3.63) is 77.6 Å². The number of hydrogen-bond acceptors (Lipinski definition) is 7. The van der Waals surface area contributed by atoms with Gasteiger partial charge in [0.1, 0.15) is 24.1 Å². The molecular weight excluding hydrogens is 472 g/mol. The van der Waals surface area contributed by atoms with Gasteiger partial charge in [0.2, 0.25) is 11.7 Å². The Labute approximate surface area is 214 Å². The van der Waals surface area contributed by atoms with Crippen molar-refractivity contribution in [3.8, 4) is 17.3 Å². The van der Waals surface area contributed by atoms with Gasteiger partial charge in [-0.3, -0.25) is 14.5 Å². The highest BCUT2D eigenvalue weighted by Gasteiger charge is 2.35. The first-order valence-corrected chi connectivity index (χ1v) is 11.8. The quantitative estimate of drug-likeness (QED) is 0.392. The summed E-state index contributed by atoms with van der Waals surface area (Å²) in [5.74, 6) is 0.492. The Hall–Kier alpha value is -4.47. The van der Waals surface area contributed by atoms with Crippen LogP contribution in [0.25, 0.3) is 11.6 Å². The number of rotatable bonds is 7. The summed E-state index contributed by atoms with van der Waals surface area (Å²) < 4.78 is 5.55. The molecule has 0 saturated heterocycles. The third-order valence-corrected chi connectivity index (χ3v) is 5.46. The largest absolute Gasteiger partial charge is 0.508 e. The predicted molar refractivity (Wildman–Crippen MR) is 138 cm³/mol. The Kier molecular flexibility index (Phi) is 7.10. The van der Waals surface area contributed by atoms with Gasteiger partial charge in [-0.2, -0.15) is 4.80 Å². The zero-order valence-corrected chi connectivity index (χ0v) is 21.5. The maximum absolute atomic E-state index is 13.8. The lowest BCUT2D eigenvalue weighted by atomic mass is 9.99. The molecule has 4 rings (SSSR count). The summed E-state index contributed by atoms with van der Waals surface area (Å²) in [4.78, 5) is 30.0. The van der Waals surface area contributed by atoms with E-state index in [-0.39, 0.29) is 24.0 Å². The summed E-state index contributed by atoms with van der Waals surface area (Å²) in [6.45, 7) is 9.06. The molecule has 10 nitrogen and oxygen atoms in total. The van der Waals surface area contributed by atoms with Crippen LogP contribution >= 0.6 is 0 Å². The van der Waals surface area contributed by atoms with Crippen LogP contribution in [-0.2, 0) is 16.1 Å². The third kappa shape index (κ3) is 6.21. The molecule has 0 unspecified atom stereocenters. The first-order valence-electron chi connectivity index (χ1n) is 11.8. The number of aromatic hydroxyl groups is 1. The first-order chi connectivity index (χ1) is 17.5. The van der Waals surface area contributed by atoms with Crippen LogP contribution in [0, 0.1) is 13.8 Å². The van der Waals surface area contributed by atoms with E-state index in [9.17, 15) is 14.7 Å². The molecule has 2 heterocycles. The minimum Gasteiger partial charge on any atom is -0.508 e. The van der Waals surface area contributed by atoms with E-state index in [1.165, 1.54) is 17.0 Å². The molecule has 0 radical (unpaired) electrons. The molecule has 0 spiro atoms. The third-order valence-electron chi connectivity index (χ3n) is 5.46. The molecule has 0 saturated carbocycles. The molecule has 2 N–H and O–H groups in total. The van der Waals surface area contributed by atoms with Crippen molar-refractivity contribution in [2.24, 2.45) is 0 Å². The van der Waals surface area contributed by atoms with E-state index in [4.69, 9.17) is 4.42 Å². The van der Waals surface area contributed by atoms with Crippen molar-refractivity contribution in [1.29, 1.82) is 0 Å². The number of anilines is 1. The van der Waals surface area contributed by atoms with Gasteiger partial charge in [0.05, 0.1) is 0 Å². The van der Waals surface area contributed by atoms with Crippen molar-refractivity contribution < 1.29 is 19.1 Å². The lowest BCUT2D eigenvalue weighted by molar-refractivity contribution is -0.128. The fourth-order valence-electron chi connectivity index (χ4n) is 3.85. The van der Waals surface area contributed by atoms with Crippen molar-refractivity contribution in [2.75, 3.05) is 4.90 Å². The fourth-order valence-corrected chi connectivity index (χ4v) is 3.85. The Morgan fingerprint density at radius 2 is 1.81 bits per heavy atom. The molecule has 2 aromatic heterocycles. The van der Waals surface area contributed by atoms with E-state index in [0.717, 1.165) is 10.4 Å².